The van der Waals surface area contributed by atoms with Crippen LogP contribution in [0.4, 0.5) is 11.4 Å². The van der Waals surface area contributed by atoms with Crippen LogP contribution in [0.3, 0.4) is 0 Å². The molecule has 1 amide bonds. The largest absolute Gasteiger partial charge is 0.469 e. The number of methoxy groups -OCH3 is 1. The van der Waals surface area contributed by atoms with Crippen molar-refractivity contribution in [2.45, 2.75) is 25.7 Å². The number of benzene rings is 2. The second-order valence-corrected chi connectivity index (χ2v) is 5.52. The molecule has 0 aliphatic heterocycles. The Hall–Kier alpha value is -2.82. The van der Waals surface area contributed by atoms with Gasteiger partial charge in [0.2, 0.25) is 5.91 Å². The van der Waals surface area contributed by atoms with Crippen LogP contribution in [0.25, 0.3) is 0 Å². The van der Waals surface area contributed by atoms with Crippen molar-refractivity contribution in [1.29, 1.82) is 0 Å². The molecule has 24 heavy (non-hydrogen) atoms. The average Bonchev–Trinajstić information content (AvgIpc) is 2.60. The van der Waals surface area contributed by atoms with Crippen molar-refractivity contribution in [2.24, 2.45) is 0 Å². The summed E-state index contributed by atoms with van der Waals surface area (Å²) < 4.78 is 4.62. The molecule has 126 valence electrons. The molecule has 0 fully saturated rings. The lowest BCUT2D eigenvalue weighted by Crippen LogP contribution is -2.12. The van der Waals surface area contributed by atoms with Crippen LogP contribution in [0.1, 0.15) is 24.0 Å². The number of ether oxygens (including phenoxy) is 1. The minimum absolute atomic E-state index is 0.0550. The zero-order valence-electron chi connectivity index (χ0n) is 13.7. The molecule has 2 aromatic rings. The number of para-hydroxylation sites is 1. The van der Waals surface area contributed by atoms with E-state index in [4.69, 9.17) is 5.73 Å². The Morgan fingerprint density at radius 1 is 1.00 bits per heavy atom. The van der Waals surface area contributed by atoms with Crippen molar-refractivity contribution >= 4 is 23.3 Å². The third-order valence-corrected chi connectivity index (χ3v) is 3.76. The number of esters is 1. The molecule has 3 N–H and O–H groups in total. The average molecular weight is 326 g/mol. The van der Waals surface area contributed by atoms with Crippen LogP contribution in [0.5, 0.6) is 0 Å². The molecule has 2 aromatic carbocycles. The summed E-state index contributed by atoms with van der Waals surface area (Å²) in [7, 11) is 1.38. The van der Waals surface area contributed by atoms with Gasteiger partial charge in [0.1, 0.15) is 0 Å². The van der Waals surface area contributed by atoms with Gasteiger partial charge in [0.25, 0.3) is 0 Å². The van der Waals surface area contributed by atoms with Crippen molar-refractivity contribution in [3.63, 3.8) is 0 Å². The first kappa shape index (κ1) is 17.5. The summed E-state index contributed by atoms with van der Waals surface area (Å²) in [5, 5.41) is 2.86. The SMILES string of the molecule is COC(=O)CCc1ccc(NC(=O)CCc2ccccc2N)cc1. The summed E-state index contributed by atoms with van der Waals surface area (Å²) in [6.07, 6.45) is 1.95. The maximum absolute atomic E-state index is 12.0. The molecule has 0 atom stereocenters. The molecule has 2 rings (SSSR count). The van der Waals surface area contributed by atoms with Crippen LogP contribution in [-0.4, -0.2) is 19.0 Å². The second-order valence-electron chi connectivity index (χ2n) is 5.52. The highest BCUT2D eigenvalue weighted by Gasteiger charge is 2.06. The molecular weight excluding hydrogens is 304 g/mol. The van der Waals surface area contributed by atoms with Crippen LogP contribution in [-0.2, 0) is 27.2 Å². The van der Waals surface area contributed by atoms with Crippen LogP contribution in [0, 0.1) is 0 Å². The van der Waals surface area contributed by atoms with Gasteiger partial charge >= 0.3 is 5.97 Å². The number of hydrogen-bond donors (Lipinski definition) is 2. The predicted molar refractivity (Wildman–Crippen MR) is 94.6 cm³/mol. The Kier molecular flexibility index (Phi) is 6.37. The summed E-state index contributed by atoms with van der Waals surface area (Å²) >= 11 is 0. The number of anilines is 2. The fraction of sp³-hybridized carbons (Fsp3) is 0.263. The predicted octanol–water partition coefficient (Wildman–Crippen LogP) is 2.95. The van der Waals surface area contributed by atoms with E-state index in [1.807, 2.05) is 48.5 Å². The van der Waals surface area contributed by atoms with E-state index in [1.165, 1.54) is 7.11 Å². The molecular formula is C19H22N2O3. The van der Waals surface area contributed by atoms with Crippen molar-refractivity contribution in [2.75, 3.05) is 18.2 Å². The number of amides is 1. The van der Waals surface area contributed by atoms with E-state index in [0.717, 1.165) is 16.8 Å². The standard InChI is InChI=1S/C19H22N2O3/c1-24-19(23)13-8-14-6-10-16(11-7-14)21-18(22)12-9-15-4-2-3-5-17(15)20/h2-7,10-11H,8-9,12-13,20H2,1H3,(H,21,22). The number of nitrogens with one attached hydrogen (secondary N) is 1. The fourth-order valence-electron chi connectivity index (χ4n) is 2.34. The van der Waals surface area contributed by atoms with Gasteiger partial charge in [-0.3, -0.25) is 9.59 Å². The highest BCUT2D eigenvalue weighted by molar-refractivity contribution is 5.90. The van der Waals surface area contributed by atoms with Crippen LogP contribution in [0.15, 0.2) is 48.5 Å². The number of aryl methyl sites for hydroxylation is 2. The Bertz CT molecular complexity index is 696. The van der Waals surface area contributed by atoms with Crippen molar-refractivity contribution in [1.82, 2.24) is 0 Å². The molecule has 0 saturated heterocycles. The quantitative estimate of drug-likeness (QED) is 0.605. The number of nitrogen functional groups attached to an aromatic ring is 1. The number of carbonyl (C=O) groups is 2. The number of carbonyl (C=O) groups excluding carboxylic acids is 2. The Balaban J connectivity index is 1.81. The third kappa shape index (κ3) is 5.43. The molecule has 5 nitrogen and oxygen atoms in total. The molecule has 0 spiro atoms. The molecule has 0 heterocycles. The van der Waals surface area contributed by atoms with Gasteiger partial charge in [-0.15, -0.1) is 0 Å². The lowest BCUT2D eigenvalue weighted by Gasteiger charge is -2.08. The van der Waals surface area contributed by atoms with E-state index >= 15 is 0 Å². The summed E-state index contributed by atoms with van der Waals surface area (Å²) in [5.74, 6) is -0.284. The van der Waals surface area contributed by atoms with E-state index < -0.39 is 0 Å². The van der Waals surface area contributed by atoms with Crippen molar-refractivity contribution in [3.8, 4) is 0 Å². The maximum atomic E-state index is 12.0. The molecule has 0 bridgehead atoms. The van der Waals surface area contributed by atoms with E-state index in [0.29, 0.717) is 31.4 Å². The molecule has 0 aromatic heterocycles. The first-order valence-electron chi connectivity index (χ1n) is 7.87. The second kappa shape index (κ2) is 8.72. The molecule has 5 heteroatoms. The Morgan fingerprint density at radius 3 is 2.38 bits per heavy atom. The van der Waals surface area contributed by atoms with Crippen molar-refractivity contribution < 1.29 is 14.3 Å². The monoisotopic (exact) mass is 326 g/mol. The van der Waals surface area contributed by atoms with Crippen LogP contribution in [0.2, 0.25) is 0 Å². The summed E-state index contributed by atoms with van der Waals surface area (Å²) in [4.78, 5) is 23.1. The van der Waals surface area contributed by atoms with Gasteiger partial charge in [-0.1, -0.05) is 30.3 Å². The van der Waals surface area contributed by atoms with Gasteiger partial charge in [-0.2, -0.15) is 0 Å². The Labute approximate surface area is 141 Å². The van der Waals surface area contributed by atoms with Gasteiger partial charge in [0.05, 0.1) is 7.11 Å². The molecule has 0 aliphatic rings. The van der Waals surface area contributed by atoms with Gasteiger partial charge < -0.3 is 15.8 Å². The maximum Gasteiger partial charge on any atom is 0.305 e. The van der Waals surface area contributed by atoms with E-state index in [2.05, 4.69) is 10.1 Å². The molecule has 0 aliphatic carbocycles. The summed E-state index contributed by atoms with van der Waals surface area (Å²) in [5.41, 5.74) is 9.32. The zero-order valence-corrected chi connectivity index (χ0v) is 13.7. The first-order valence-corrected chi connectivity index (χ1v) is 7.87. The molecule has 0 saturated carbocycles. The number of hydrogen-bond acceptors (Lipinski definition) is 4. The number of rotatable bonds is 7. The van der Waals surface area contributed by atoms with Gasteiger partial charge in [0.15, 0.2) is 0 Å². The highest BCUT2D eigenvalue weighted by atomic mass is 16.5. The fourth-order valence-corrected chi connectivity index (χ4v) is 2.34. The lowest BCUT2D eigenvalue weighted by atomic mass is 10.1. The van der Waals surface area contributed by atoms with E-state index in [1.54, 1.807) is 0 Å². The van der Waals surface area contributed by atoms with E-state index in [-0.39, 0.29) is 11.9 Å². The smallest absolute Gasteiger partial charge is 0.305 e. The number of nitrogens with two attached hydrogens (primary N) is 1. The summed E-state index contributed by atoms with van der Waals surface area (Å²) in [6.45, 7) is 0. The first-order chi connectivity index (χ1) is 11.6. The zero-order chi connectivity index (χ0) is 17.4. The Morgan fingerprint density at radius 2 is 1.71 bits per heavy atom. The van der Waals surface area contributed by atoms with Crippen LogP contribution >= 0.6 is 0 Å². The topological polar surface area (TPSA) is 81.4 Å². The van der Waals surface area contributed by atoms with Gasteiger partial charge in [0, 0.05) is 24.2 Å². The summed E-state index contributed by atoms with van der Waals surface area (Å²) in [6, 6.07) is 15.0. The molecule has 0 radical (unpaired) electrons. The normalized spacial score (nSPS) is 10.2. The van der Waals surface area contributed by atoms with Crippen molar-refractivity contribution in [3.05, 3.63) is 59.7 Å². The highest BCUT2D eigenvalue weighted by Crippen LogP contribution is 2.15. The van der Waals surface area contributed by atoms with Gasteiger partial charge in [-0.05, 0) is 42.2 Å². The molecule has 0 unspecified atom stereocenters. The third-order valence-electron chi connectivity index (χ3n) is 3.76. The van der Waals surface area contributed by atoms with E-state index in [9.17, 15) is 9.59 Å². The lowest BCUT2D eigenvalue weighted by molar-refractivity contribution is -0.140. The minimum atomic E-state index is -0.229. The van der Waals surface area contributed by atoms with Crippen LogP contribution < -0.4 is 11.1 Å². The van der Waals surface area contributed by atoms with Gasteiger partial charge in [-0.25, -0.2) is 0 Å². The minimum Gasteiger partial charge on any atom is -0.469 e.